The lowest BCUT2D eigenvalue weighted by Crippen LogP contribution is -1.76. The predicted molar refractivity (Wildman–Crippen MR) is 99.8 cm³/mol. The number of benzene rings is 2. The molecule has 0 aliphatic carbocycles. The van der Waals surface area contributed by atoms with Crippen LogP contribution >= 0.6 is 36.6 Å². The lowest BCUT2D eigenvalue weighted by molar-refractivity contribution is 0.323. The topological polar surface area (TPSA) is 20.2 Å². The quantitative estimate of drug-likeness (QED) is 0.544. The number of hydrogen-bond donors (Lipinski definition) is 3. The van der Waals surface area contributed by atoms with E-state index in [1.807, 2.05) is 18.3 Å². The highest BCUT2D eigenvalue weighted by Gasteiger charge is 2.01. The Morgan fingerprint density at radius 2 is 1.25 bits per heavy atom. The molecule has 3 rings (SSSR count). The maximum atomic E-state index is 7.80. The summed E-state index contributed by atoms with van der Waals surface area (Å²) in [7, 11) is 0. The number of thiol groups is 2. The third-order valence-electron chi connectivity index (χ3n) is 2.38. The Kier molecular flexibility index (Phi) is 8.78. The smallest absolute Gasteiger partial charge is 0.0519 e. The van der Waals surface area contributed by atoms with Crippen LogP contribution in [0, 0.1) is 0 Å². The van der Waals surface area contributed by atoms with Crippen molar-refractivity contribution in [3.8, 4) is 0 Å². The fourth-order valence-electron chi connectivity index (χ4n) is 1.67. The molecular weight excluding hydrogens is 304 g/mol. The fourth-order valence-corrected chi connectivity index (χ4v) is 2.78. The van der Waals surface area contributed by atoms with Gasteiger partial charge in [-0.3, -0.25) is 0 Å². The van der Waals surface area contributed by atoms with Gasteiger partial charge in [0.1, 0.15) is 0 Å². The van der Waals surface area contributed by atoms with Gasteiger partial charge in [-0.1, -0.05) is 43.3 Å². The first-order chi connectivity index (χ1) is 9.78. The van der Waals surface area contributed by atoms with E-state index >= 15 is 0 Å². The largest absolute Gasteiger partial charge is 0.396 e. The summed E-state index contributed by atoms with van der Waals surface area (Å²) in [5, 5.41) is 10.6. The average Bonchev–Trinajstić information content (AvgIpc) is 2.87. The Morgan fingerprint density at radius 3 is 1.60 bits per heavy atom. The summed E-state index contributed by atoms with van der Waals surface area (Å²) in [5.74, 6) is 1.51. The molecule has 1 heterocycles. The molecule has 0 atom stereocenters. The van der Waals surface area contributed by atoms with Crippen LogP contribution < -0.4 is 0 Å². The minimum Gasteiger partial charge on any atom is -0.396 e. The molecule has 0 fully saturated rings. The number of rotatable bonds is 1. The molecule has 0 saturated carbocycles. The maximum Gasteiger partial charge on any atom is 0.0519 e. The molecule has 0 amide bonds. The van der Waals surface area contributed by atoms with E-state index in [4.69, 9.17) is 5.11 Å². The minimum atomic E-state index is 0.184. The molecule has 0 spiro atoms. The lowest BCUT2D eigenvalue weighted by atomic mass is 10.2. The number of hydrogen-bond acceptors (Lipinski definition) is 4. The van der Waals surface area contributed by atoms with E-state index in [2.05, 4.69) is 73.8 Å². The zero-order valence-corrected chi connectivity index (χ0v) is 14.1. The Balaban J connectivity index is 0.000000245. The van der Waals surface area contributed by atoms with Crippen molar-refractivity contribution in [2.75, 3.05) is 18.1 Å². The Labute approximate surface area is 135 Å². The van der Waals surface area contributed by atoms with E-state index in [0.717, 1.165) is 5.75 Å². The van der Waals surface area contributed by atoms with E-state index < -0.39 is 0 Å². The van der Waals surface area contributed by atoms with Crippen LogP contribution in [0.15, 0.2) is 48.5 Å². The van der Waals surface area contributed by atoms with E-state index in [1.54, 1.807) is 0 Å². The van der Waals surface area contributed by atoms with Gasteiger partial charge in [-0.15, -0.1) is 11.3 Å². The standard InChI is InChI=1S/C12H8S.C2H6OS.C2H6S/c1-3-7-11-9(5-1)10-6-2-4-8-12(10)13-11;3-1-2-4;1-2-3/h1-8H;3-4H,1-2H2;3H,2H2,1H3. The second-order valence-electron chi connectivity index (χ2n) is 3.86. The van der Waals surface area contributed by atoms with Crippen LogP contribution in [-0.2, 0) is 0 Å². The van der Waals surface area contributed by atoms with Gasteiger partial charge in [-0.25, -0.2) is 0 Å². The van der Waals surface area contributed by atoms with Crippen LogP contribution in [-0.4, -0.2) is 23.2 Å². The van der Waals surface area contributed by atoms with Crippen molar-refractivity contribution in [2.24, 2.45) is 0 Å². The predicted octanol–water partition coefficient (Wildman–Crippen LogP) is 4.90. The molecule has 2 aromatic carbocycles. The minimum absolute atomic E-state index is 0.184. The molecule has 0 unspecified atom stereocenters. The van der Waals surface area contributed by atoms with Crippen molar-refractivity contribution < 1.29 is 5.11 Å². The fraction of sp³-hybridized carbons (Fsp3) is 0.250. The SMILES string of the molecule is CCS.OCCS.c1ccc2c(c1)sc1ccccc12. The molecule has 1 aromatic heterocycles. The summed E-state index contributed by atoms with van der Waals surface area (Å²) in [4.78, 5) is 0. The molecule has 0 radical (unpaired) electrons. The van der Waals surface area contributed by atoms with Crippen LogP contribution in [0.4, 0.5) is 0 Å². The summed E-state index contributed by atoms with van der Waals surface area (Å²) in [6.07, 6.45) is 0. The van der Waals surface area contributed by atoms with E-state index in [0.29, 0.717) is 5.75 Å². The van der Waals surface area contributed by atoms with Gasteiger partial charge in [0.2, 0.25) is 0 Å². The lowest BCUT2D eigenvalue weighted by Gasteiger charge is -1.88. The van der Waals surface area contributed by atoms with Gasteiger partial charge in [-0.2, -0.15) is 25.3 Å². The van der Waals surface area contributed by atoms with Crippen LogP contribution in [0.1, 0.15) is 6.92 Å². The second kappa shape index (κ2) is 10.1. The summed E-state index contributed by atoms with van der Waals surface area (Å²) in [6.45, 7) is 2.17. The van der Waals surface area contributed by atoms with Gasteiger partial charge in [0.05, 0.1) is 6.61 Å². The van der Waals surface area contributed by atoms with Crippen molar-refractivity contribution in [3.63, 3.8) is 0 Å². The van der Waals surface area contributed by atoms with Gasteiger partial charge >= 0.3 is 0 Å². The maximum absolute atomic E-state index is 7.80. The molecule has 1 N–H and O–H groups in total. The molecule has 3 aromatic rings. The van der Waals surface area contributed by atoms with E-state index in [-0.39, 0.29) is 6.61 Å². The van der Waals surface area contributed by atoms with Crippen LogP contribution in [0.5, 0.6) is 0 Å². The molecule has 0 bridgehead atoms. The Bertz CT molecular complexity index is 567. The van der Waals surface area contributed by atoms with Crippen molar-refractivity contribution >= 4 is 56.8 Å². The number of thiophene rings is 1. The van der Waals surface area contributed by atoms with E-state index in [9.17, 15) is 0 Å². The first-order valence-electron chi connectivity index (χ1n) is 6.47. The van der Waals surface area contributed by atoms with Gasteiger partial charge in [0.25, 0.3) is 0 Å². The molecule has 20 heavy (non-hydrogen) atoms. The molecule has 4 heteroatoms. The molecule has 108 valence electrons. The van der Waals surface area contributed by atoms with Gasteiger partial charge in [0.15, 0.2) is 0 Å². The molecule has 1 nitrogen and oxygen atoms in total. The highest BCUT2D eigenvalue weighted by molar-refractivity contribution is 7.80. The monoisotopic (exact) mass is 324 g/mol. The summed E-state index contributed by atoms with van der Waals surface area (Å²) >= 11 is 9.32. The summed E-state index contributed by atoms with van der Waals surface area (Å²) in [6, 6.07) is 17.1. The van der Waals surface area contributed by atoms with E-state index in [1.165, 1.54) is 20.2 Å². The van der Waals surface area contributed by atoms with Gasteiger partial charge in [0, 0.05) is 25.9 Å². The molecule has 0 aliphatic heterocycles. The summed E-state index contributed by atoms with van der Waals surface area (Å²) < 4.78 is 2.76. The van der Waals surface area contributed by atoms with Crippen molar-refractivity contribution in [2.45, 2.75) is 6.92 Å². The Morgan fingerprint density at radius 1 is 0.900 bits per heavy atom. The average molecular weight is 325 g/mol. The zero-order chi connectivity index (χ0) is 14.8. The van der Waals surface area contributed by atoms with Gasteiger partial charge in [-0.05, 0) is 17.9 Å². The summed E-state index contributed by atoms with van der Waals surface area (Å²) in [5.41, 5.74) is 0. The molecule has 0 aliphatic rings. The van der Waals surface area contributed by atoms with Crippen LogP contribution in [0.3, 0.4) is 0 Å². The number of fused-ring (bicyclic) bond motifs is 3. The highest BCUT2D eigenvalue weighted by Crippen LogP contribution is 2.32. The number of aliphatic hydroxyl groups excluding tert-OH is 1. The van der Waals surface area contributed by atoms with Crippen LogP contribution in [0.2, 0.25) is 0 Å². The third-order valence-corrected chi connectivity index (χ3v) is 3.74. The van der Waals surface area contributed by atoms with Gasteiger partial charge < -0.3 is 5.11 Å². The van der Waals surface area contributed by atoms with Crippen molar-refractivity contribution in [3.05, 3.63) is 48.5 Å². The van der Waals surface area contributed by atoms with Crippen molar-refractivity contribution in [1.29, 1.82) is 0 Å². The number of aliphatic hydroxyl groups is 1. The first kappa shape index (κ1) is 17.4. The molecule has 0 saturated heterocycles. The molecular formula is C16H20OS3. The first-order valence-corrected chi connectivity index (χ1v) is 8.55. The van der Waals surface area contributed by atoms with Crippen molar-refractivity contribution in [1.82, 2.24) is 0 Å². The second-order valence-corrected chi connectivity index (χ2v) is 6.02. The zero-order valence-electron chi connectivity index (χ0n) is 11.5. The highest BCUT2D eigenvalue weighted by atomic mass is 32.1. The Hall–Kier alpha value is -0.680. The third kappa shape index (κ3) is 5.02. The van der Waals surface area contributed by atoms with Crippen LogP contribution in [0.25, 0.3) is 20.2 Å². The normalized spacial score (nSPS) is 9.60.